The number of carbonyl (C=O) groups is 1. The van der Waals surface area contributed by atoms with E-state index in [2.05, 4.69) is 11.4 Å². The number of aryl methyl sites for hydroxylation is 1. The molecule has 0 bridgehead atoms. The summed E-state index contributed by atoms with van der Waals surface area (Å²) >= 11 is 1.40. The summed E-state index contributed by atoms with van der Waals surface area (Å²) in [6, 6.07) is 6.15. The molecule has 0 aliphatic heterocycles. The van der Waals surface area contributed by atoms with Gasteiger partial charge in [-0.25, -0.2) is 0 Å². The lowest BCUT2D eigenvalue weighted by atomic mass is 10.1. The number of amides is 1. The van der Waals surface area contributed by atoms with Gasteiger partial charge in [0.1, 0.15) is 11.1 Å². The maximum absolute atomic E-state index is 12.4. The van der Waals surface area contributed by atoms with E-state index < -0.39 is 10.8 Å². The average molecular weight is 343 g/mol. The highest BCUT2D eigenvalue weighted by atomic mass is 32.1. The van der Waals surface area contributed by atoms with E-state index in [1.165, 1.54) is 36.6 Å². The molecule has 1 aliphatic rings. The van der Waals surface area contributed by atoms with Gasteiger partial charge < -0.3 is 10.1 Å². The Morgan fingerprint density at radius 2 is 2.25 bits per heavy atom. The van der Waals surface area contributed by atoms with Crippen LogP contribution in [0.1, 0.15) is 32.8 Å². The van der Waals surface area contributed by atoms with Crippen LogP contribution in [0.15, 0.2) is 18.2 Å². The maximum atomic E-state index is 12.4. The number of nitro groups is 1. The highest BCUT2D eigenvalue weighted by molar-refractivity contribution is 7.16. The van der Waals surface area contributed by atoms with Crippen LogP contribution in [0.4, 0.5) is 10.7 Å². The first-order valence-electron chi connectivity index (χ1n) is 7.23. The average Bonchev–Trinajstić information content (AvgIpc) is 3.14. The van der Waals surface area contributed by atoms with Gasteiger partial charge in [0.25, 0.3) is 5.91 Å². The number of ether oxygens (including phenoxy) is 1. The number of nitrogens with zero attached hydrogens (tertiary/aromatic N) is 2. The van der Waals surface area contributed by atoms with Crippen molar-refractivity contribution < 1.29 is 14.5 Å². The zero-order chi connectivity index (χ0) is 17.3. The number of methoxy groups -OCH3 is 1. The van der Waals surface area contributed by atoms with Crippen LogP contribution in [0, 0.1) is 21.4 Å². The molecule has 0 radical (unpaired) electrons. The molecule has 2 aromatic rings. The number of nitriles is 1. The molecule has 1 amide bonds. The number of nitrogens with one attached hydrogen (secondary N) is 1. The molecule has 0 spiro atoms. The SMILES string of the molecule is COc1ccc(C(=O)Nc2sc3c(c2C#N)CCC3)cc1[N+](=O)[O-]. The molecule has 0 saturated heterocycles. The molecule has 3 rings (SSSR count). The lowest BCUT2D eigenvalue weighted by Crippen LogP contribution is -2.12. The smallest absolute Gasteiger partial charge is 0.311 e. The van der Waals surface area contributed by atoms with Gasteiger partial charge >= 0.3 is 5.69 Å². The first-order valence-corrected chi connectivity index (χ1v) is 8.05. The molecule has 7 nitrogen and oxygen atoms in total. The van der Waals surface area contributed by atoms with Gasteiger partial charge in [0, 0.05) is 16.5 Å². The fourth-order valence-corrected chi connectivity index (χ4v) is 3.99. The van der Waals surface area contributed by atoms with Gasteiger partial charge in [-0.05, 0) is 37.0 Å². The Morgan fingerprint density at radius 3 is 2.92 bits per heavy atom. The number of hydrogen-bond acceptors (Lipinski definition) is 6. The predicted octanol–water partition coefficient (Wildman–Crippen LogP) is 3.28. The number of thiophene rings is 1. The summed E-state index contributed by atoms with van der Waals surface area (Å²) < 4.78 is 4.92. The second-order valence-electron chi connectivity index (χ2n) is 5.27. The zero-order valence-corrected chi connectivity index (χ0v) is 13.6. The Hall–Kier alpha value is -2.92. The molecule has 0 fully saturated rings. The third-order valence-corrected chi connectivity index (χ3v) is 5.11. The first kappa shape index (κ1) is 16.0. The van der Waals surface area contributed by atoms with Gasteiger partial charge in [-0.3, -0.25) is 14.9 Å². The summed E-state index contributed by atoms with van der Waals surface area (Å²) in [5, 5.41) is 23.6. The monoisotopic (exact) mass is 343 g/mol. The lowest BCUT2D eigenvalue weighted by Gasteiger charge is -2.06. The van der Waals surface area contributed by atoms with Crippen molar-refractivity contribution >= 4 is 27.9 Å². The number of benzene rings is 1. The van der Waals surface area contributed by atoms with E-state index >= 15 is 0 Å². The van der Waals surface area contributed by atoms with Gasteiger partial charge in [-0.15, -0.1) is 11.3 Å². The number of carbonyl (C=O) groups excluding carboxylic acids is 1. The molecule has 122 valence electrons. The molecule has 1 heterocycles. The number of hydrogen-bond donors (Lipinski definition) is 1. The third kappa shape index (κ3) is 2.70. The molecule has 8 heteroatoms. The van der Waals surface area contributed by atoms with Crippen molar-refractivity contribution in [2.24, 2.45) is 0 Å². The van der Waals surface area contributed by atoms with Crippen LogP contribution in [0.5, 0.6) is 5.75 Å². The standard InChI is InChI=1S/C16H13N3O4S/c1-23-13-6-5-9(7-12(13)19(21)22)15(20)18-16-11(8-17)10-3-2-4-14(10)24-16/h5-7H,2-4H2,1H3,(H,18,20). The molecule has 1 aliphatic carbocycles. The van der Waals surface area contributed by atoms with E-state index in [0.29, 0.717) is 10.6 Å². The Morgan fingerprint density at radius 1 is 1.46 bits per heavy atom. The van der Waals surface area contributed by atoms with Crippen LogP contribution in [-0.2, 0) is 12.8 Å². The second kappa shape index (κ2) is 6.29. The minimum Gasteiger partial charge on any atom is -0.490 e. The van der Waals surface area contributed by atoms with Gasteiger partial charge in [0.05, 0.1) is 17.6 Å². The molecular formula is C16H13N3O4S. The van der Waals surface area contributed by atoms with E-state index in [1.807, 2.05) is 0 Å². The molecule has 0 saturated carbocycles. The van der Waals surface area contributed by atoms with E-state index in [4.69, 9.17) is 4.74 Å². The maximum Gasteiger partial charge on any atom is 0.311 e. The predicted molar refractivity (Wildman–Crippen MR) is 88.7 cm³/mol. The summed E-state index contributed by atoms with van der Waals surface area (Å²) in [7, 11) is 1.33. The Bertz CT molecular complexity index is 882. The number of anilines is 1. The molecule has 1 N–H and O–H groups in total. The fraction of sp³-hybridized carbons (Fsp3) is 0.250. The van der Waals surface area contributed by atoms with Gasteiger partial charge in [-0.1, -0.05) is 0 Å². The second-order valence-corrected chi connectivity index (χ2v) is 6.38. The topological polar surface area (TPSA) is 105 Å². The Labute approximate surface area is 141 Å². The summed E-state index contributed by atoms with van der Waals surface area (Å²) in [6.45, 7) is 0. The molecule has 24 heavy (non-hydrogen) atoms. The van der Waals surface area contributed by atoms with Crippen molar-refractivity contribution in [3.63, 3.8) is 0 Å². The van der Waals surface area contributed by atoms with Crippen molar-refractivity contribution in [3.8, 4) is 11.8 Å². The van der Waals surface area contributed by atoms with Crippen molar-refractivity contribution in [1.82, 2.24) is 0 Å². The van der Waals surface area contributed by atoms with E-state index in [9.17, 15) is 20.2 Å². The summed E-state index contributed by atoms with van der Waals surface area (Å²) in [5.41, 5.74) is 1.38. The number of fused-ring (bicyclic) bond motifs is 1. The molecule has 1 aromatic carbocycles. The van der Waals surface area contributed by atoms with Crippen LogP contribution in [0.3, 0.4) is 0 Å². The number of rotatable bonds is 4. The quantitative estimate of drug-likeness (QED) is 0.677. The van der Waals surface area contributed by atoms with Crippen molar-refractivity contribution in [2.45, 2.75) is 19.3 Å². The van der Waals surface area contributed by atoms with Gasteiger partial charge in [0.2, 0.25) is 0 Å². The van der Waals surface area contributed by atoms with Crippen LogP contribution in [-0.4, -0.2) is 17.9 Å². The third-order valence-electron chi connectivity index (χ3n) is 3.90. The fourth-order valence-electron chi connectivity index (χ4n) is 2.76. The van der Waals surface area contributed by atoms with E-state index in [1.54, 1.807) is 0 Å². The van der Waals surface area contributed by atoms with Crippen LogP contribution in [0.2, 0.25) is 0 Å². The minimum atomic E-state index is -0.601. The van der Waals surface area contributed by atoms with E-state index in [-0.39, 0.29) is 17.0 Å². The van der Waals surface area contributed by atoms with Crippen molar-refractivity contribution in [3.05, 3.63) is 49.9 Å². The largest absolute Gasteiger partial charge is 0.490 e. The lowest BCUT2D eigenvalue weighted by molar-refractivity contribution is -0.385. The van der Waals surface area contributed by atoms with Gasteiger partial charge in [0.15, 0.2) is 5.75 Å². The van der Waals surface area contributed by atoms with E-state index in [0.717, 1.165) is 29.7 Å². The van der Waals surface area contributed by atoms with Gasteiger partial charge in [-0.2, -0.15) is 5.26 Å². The zero-order valence-electron chi connectivity index (χ0n) is 12.8. The summed E-state index contributed by atoms with van der Waals surface area (Å²) in [4.78, 5) is 24.0. The Kier molecular flexibility index (Phi) is 4.18. The summed E-state index contributed by atoms with van der Waals surface area (Å²) in [5.74, 6) is -0.401. The molecule has 0 atom stereocenters. The molecular weight excluding hydrogens is 330 g/mol. The molecule has 1 aromatic heterocycles. The number of nitro benzene ring substituents is 1. The minimum absolute atomic E-state index is 0.0874. The van der Waals surface area contributed by atoms with Crippen molar-refractivity contribution in [1.29, 1.82) is 5.26 Å². The van der Waals surface area contributed by atoms with Crippen LogP contribution in [0.25, 0.3) is 0 Å². The Balaban J connectivity index is 1.90. The highest BCUT2D eigenvalue weighted by Crippen LogP contribution is 2.39. The first-order chi connectivity index (χ1) is 11.5. The van der Waals surface area contributed by atoms with Crippen LogP contribution < -0.4 is 10.1 Å². The summed E-state index contributed by atoms with van der Waals surface area (Å²) in [6.07, 6.45) is 2.78. The molecule has 0 unspecified atom stereocenters. The normalized spacial score (nSPS) is 12.3. The van der Waals surface area contributed by atoms with Crippen LogP contribution >= 0.6 is 11.3 Å². The highest BCUT2D eigenvalue weighted by Gasteiger charge is 2.24. The van der Waals surface area contributed by atoms with Crippen molar-refractivity contribution in [2.75, 3.05) is 12.4 Å².